The second-order valence-corrected chi connectivity index (χ2v) is 5.46. The van der Waals surface area contributed by atoms with E-state index in [2.05, 4.69) is 11.4 Å². The Kier molecular flexibility index (Phi) is 6.83. The van der Waals surface area contributed by atoms with Crippen molar-refractivity contribution < 1.29 is 14.2 Å². The normalized spacial score (nSPS) is 15.9. The molecular weight excluding hydrogens is 266 g/mol. The number of methoxy groups -OCH3 is 2. The maximum atomic E-state index is 5.90. The molecule has 4 nitrogen and oxygen atoms in total. The molecule has 0 radical (unpaired) electrons. The summed E-state index contributed by atoms with van der Waals surface area (Å²) in [7, 11) is 3.33. The lowest BCUT2D eigenvalue weighted by Gasteiger charge is -2.22. The first kappa shape index (κ1) is 16.1. The molecule has 21 heavy (non-hydrogen) atoms. The van der Waals surface area contributed by atoms with E-state index in [0.29, 0.717) is 6.10 Å². The molecule has 1 fully saturated rings. The van der Waals surface area contributed by atoms with Crippen LogP contribution in [0, 0.1) is 0 Å². The van der Waals surface area contributed by atoms with E-state index in [9.17, 15) is 0 Å². The van der Waals surface area contributed by atoms with Gasteiger partial charge in [0, 0.05) is 18.7 Å². The molecule has 1 aliphatic rings. The molecule has 2 rings (SSSR count). The summed E-state index contributed by atoms with van der Waals surface area (Å²) < 4.78 is 16.6. The molecule has 0 spiro atoms. The number of hydrogen-bond donors (Lipinski definition) is 1. The monoisotopic (exact) mass is 293 g/mol. The van der Waals surface area contributed by atoms with Gasteiger partial charge in [-0.25, -0.2) is 0 Å². The largest absolute Gasteiger partial charge is 0.493 e. The van der Waals surface area contributed by atoms with Gasteiger partial charge in [-0.2, -0.15) is 0 Å². The van der Waals surface area contributed by atoms with Crippen molar-refractivity contribution in [2.45, 2.75) is 44.8 Å². The molecule has 0 amide bonds. The van der Waals surface area contributed by atoms with Crippen molar-refractivity contribution in [2.75, 3.05) is 27.4 Å². The Morgan fingerprint density at radius 2 is 1.90 bits per heavy atom. The Bertz CT molecular complexity index is 416. The Morgan fingerprint density at radius 1 is 1.10 bits per heavy atom. The third kappa shape index (κ3) is 4.90. The minimum absolute atomic E-state index is 0.479. The van der Waals surface area contributed by atoms with Crippen LogP contribution in [0.3, 0.4) is 0 Å². The summed E-state index contributed by atoms with van der Waals surface area (Å²) in [6.45, 7) is 2.39. The fourth-order valence-electron chi connectivity index (χ4n) is 2.85. The van der Waals surface area contributed by atoms with Gasteiger partial charge in [-0.3, -0.25) is 0 Å². The number of ether oxygens (including phenoxy) is 3. The summed E-state index contributed by atoms with van der Waals surface area (Å²) >= 11 is 0. The molecule has 1 aromatic rings. The first-order valence-corrected chi connectivity index (χ1v) is 7.87. The lowest BCUT2D eigenvalue weighted by atomic mass is 9.98. The molecule has 0 atom stereocenters. The molecule has 0 heterocycles. The zero-order valence-electron chi connectivity index (χ0n) is 13.2. The van der Waals surface area contributed by atoms with Gasteiger partial charge in [0.05, 0.1) is 26.9 Å². The molecule has 0 aliphatic heterocycles. The third-order valence-electron chi connectivity index (χ3n) is 3.98. The van der Waals surface area contributed by atoms with E-state index in [-0.39, 0.29) is 0 Å². The summed E-state index contributed by atoms with van der Waals surface area (Å²) in [5.74, 6) is 1.58. The van der Waals surface area contributed by atoms with Crippen LogP contribution in [-0.4, -0.2) is 33.5 Å². The highest BCUT2D eigenvalue weighted by molar-refractivity contribution is 5.46. The summed E-state index contributed by atoms with van der Waals surface area (Å²) in [6.07, 6.45) is 6.94. The van der Waals surface area contributed by atoms with Crippen LogP contribution < -0.4 is 14.8 Å². The van der Waals surface area contributed by atoms with Crippen molar-refractivity contribution in [3.63, 3.8) is 0 Å². The van der Waals surface area contributed by atoms with Crippen molar-refractivity contribution in [1.29, 1.82) is 0 Å². The molecule has 1 saturated carbocycles. The van der Waals surface area contributed by atoms with E-state index < -0.39 is 0 Å². The van der Waals surface area contributed by atoms with E-state index >= 15 is 0 Å². The van der Waals surface area contributed by atoms with Crippen molar-refractivity contribution in [3.05, 3.63) is 23.8 Å². The molecule has 0 saturated heterocycles. The van der Waals surface area contributed by atoms with Gasteiger partial charge in [-0.15, -0.1) is 0 Å². The number of benzene rings is 1. The second kappa shape index (κ2) is 8.90. The van der Waals surface area contributed by atoms with E-state index in [1.54, 1.807) is 14.2 Å². The Balaban J connectivity index is 1.70. The highest BCUT2D eigenvalue weighted by Crippen LogP contribution is 2.30. The fourth-order valence-corrected chi connectivity index (χ4v) is 2.85. The first-order valence-electron chi connectivity index (χ1n) is 7.87. The quantitative estimate of drug-likeness (QED) is 0.747. The Morgan fingerprint density at radius 3 is 2.62 bits per heavy atom. The van der Waals surface area contributed by atoms with Gasteiger partial charge in [-0.05, 0) is 18.9 Å². The van der Waals surface area contributed by atoms with Crippen LogP contribution in [0.25, 0.3) is 0 Å². The molecule has 0 bridgehead atoms. The van der Waals surface area contributed by atoms with E-state index in [0.717, 1.165) is 36.8 Å². The Labute approximate surface area is 127 Å². The van der Waals surface area contributed by atoms with Crippen molar-refractivity contribution in [2.24, 2.45) is 0 Å². The van der Waals surface area contributed by atoms with Crippen LogP contribution in [0.4, 0.5) is 0 Å². The van der Waals surface area contributed by atoms with Gasteiger partial charge in [0.15, 0.2) is 11.5 Å². The lowest BCUT2D eigenvalue weighted by molar-refractivity contribution is 0.0302. The van der Waals surface area contributed by atoms with Crippen LogP contribution >= 0.6 is 0 Å². The number of para-hydroxylation sites is 1. The predicted molar refractivity (Wildman–Crippen MR) is 84.1 cm³/mol. The summed E-state index contributed by atoms with van der Waals surface area (Å²) in [4.78, 5) is 0. The van der Waals surface area contributed by atoms with E-state index in [4.69, 9.17) is 14.2 Å². The van der Waals surface area contributed by atoms with Crippen LogP contribution in [0.15, 0.2) is 18.2 Å². The van der Waals surface area contributed by atoms with Crippen molar-refractivity contribution in [3.8, 4) is 11.5 Å². The molecular formula is C17H27NO3. The van der Waals surface area contributed by atoms with Gasteiger partial charge >= 0.3 is 0 Å². The molecule has 1 aliphatic carbocycles. The fraction of sp³-hybridized carbons (Fsp3) is 0.647. The van der Waals surface area contributed by atoms with Crippen molar-refractivity contribution in [1.82, 2.24) is 5.32 Å². The van der Waals surface area contributed by atoms with Gasteiger partial charge < -0.3 is 19.5 Å². The topological polar surface area (TPSA) is 39.7 Å². The molecule has 1 aromatic carbocycles. The maximum absolute atomic E-state index is 5.90. The minimum Gasteiger partial charge on any atom is -0.493 e. The van der Waals surface area contributed by atoms with Crippen molar-refractivity contribution >= 4 is 0 Å². The van der Waals surface area contributed by atoms with Crippen LogP contribution in [-0.2, 0) is 11.3 Å². The predicted octanol–water partition coefficient (Wildman–Crippen LogP) is 3.14. The van der Waals surface area contributed by atoms with Crippen LogP contribution in [0.5, 0.6) is 11.5 Å². The molecule has 118 valence electrons. The average Bonchev–Trinajstić information content (AvgIpc) is 2.55. The van der Waals surface area contributed by atoms with Gasteiger partial charge in [0.1, 0.15) is 0 Å². The molecule has 1 N–H and O–H groups in total. The zero-order valence-corrected chi connectivity index (χ0v) is 13.2. The maximum Gasteiger partial charge on any atom is 0.165 e. The minimum atomic E-state index is 0.479. The van der Waals surface area contributed by atoms with Crippen LogP contribution in [0.2, 0.25) is 0 Å². The lowest BCUT2D eigenvalue weighted by Crippen LogP contribution is -2.24. The zero-order chi connectivity index (χ0) is 14.9. The number of hydrogen-bond acceptors (Lipinski definition) is 4. The summed E-state index contributed by atoms with van der Waals surface area (Å²) in [5, 5.41) is 3.41. The standard InChI is InChI=1S/C17H27NO3/c1-19-16-10-6-7-14(17(16)20-2)13-18-11-12-21-15-8-4-3-5-9-15/h6-7,10,15,18H,3-5,8-9,11-13H2,1-2H3. The van der Waals surface area contributed by atoms with Gasteiger partial charge in [-0.1, -0.05) is 31.4 Å². The number of nitrogens with one attached hydrogen (secondary N) is 1. The van der Waals surface area contributed by atoms with E-state index in [1.807, 2.05) is 12.1 Å². The number of rotatable bonds is 8. The average molecular weight is 293 g/mol. The smallest absolute Gasteiger partial charge is 0.165 e. The van der Waals surface area contributed by atoms with Gasteiger partial charge in [0.25, 0.3) is 0 Å². The third-order valence-corrected chi connectivity index (χ3v) is 3.98. The molecule has 4 heteroatoms. The van der Waals surface area contributed by atoms with E-state index in [1.165, 1.54) is 32.1 Å². The summed E-state index contributed by atoms with van der Waals surface area (Å²) in [5.41, 5.74) is 1.11. The Hall–Kier alpha value is -1.26. The second-order valence-electron chi connectivity index (χ2n) is 5.46. The van der Waals surface area contributed by atoms with Crippen LogP contribution in [0.1, 0.15) is 37.7 Å². The summed E-state index contributed by atoms with van der Waals surface area (Å²) in [6, 6.07) is 5.95. The first-order chi connectivity index (χ1) is 10.3. The highest BCUT2D eigenvalue weighted by Gasteiger charge is 2.13. The SMILES string of the molecule is COc1cccc(CNCCOC2CCCCC2)c1OC. The van der Waals surface area contributed by atoms with Gasteiger partial charge in [0.2, 0.25) is 0 Å². The molecule has 0 aromatic heterocycles. The molecule has 0 unspecified atom stereocenters. The highest BCUT2D eigenvalue weighted by atomic mass is 16.5.